The lowest BCUT2D eigenvalue weighted by atomic mass is 10.2. The molecule has 0 saturated carbocycles. The Kier molecular flexibility index (Phi) is 4.14. The highest BCUT2D eigenvalue weighted by molar-refractivity contribution is 6.35. The molecule has 7 heteroatoms. The van der Waals surface area contributed by atoms with Crippen LogP contribution in [0.25, 0.3) is 0 Å². The predicted molar refractivity (Wildman–Crippen MR) is 77.9 cm³/mol. The van der Waals surface area contributed by atoms with Gasteiger partial charge in [-0.15, -0.1) is 4.91 Å². The zero-order chi connectivity index (χ0) is 14.0. The first-order valence-corrected chi connectivity index (χ1v) is 6.20. The summed E-state index contributed by atoms with van der Waals surface area (Å²) in [6.45, 7) is 0. The number of halogens is 3. The van der Waals surface area contributed by atoms with Gasteiger partial charge in [0.25, 0.3) is 0 Å². The number of nitrogens with two attached hydrogens (primary N) is 1. The van der Waals surface area contributed by atoms with Gasteiger partial charge in [-0.05, 0) is 29.4 Å². The molecule has 4 nitrogen and oxygen atoms in total. The van der Waals surface area contributed by atoms with E-state index in [0.717, 1.165) is 0 Å². The third kappa shape index (κ3) is 3.10. The summed E-state index contributed by atoms with van der Waals surface area (Å²) in [5, 5.41) is 3.78. The molecule has 0 spiro atoms. The molecule has 2 aromatic rings. The summed E-state index contributed by atoms with van der Waals surface area (Å²) in [4.78, 5) is 10.5. The van der Waals surface area contributed by atoms with Crippen molar-refractivity contribution in [2.75, 3.05) is 5.73 Å². The van der Waals surface area contributed by atoms with E-state index in [2.05, 4.69) is 5.18 Å². The highest BCUT2D eigenvalue weighted by atomic mass is 35.5. The van der Waals surface area contributed by atoms with E-state index in [1.54, 1.807) is 12.1 Å². The fourth-order valence-corrected chi connectivity index (χ4v) is 2.04. The number of nitroso groups, excluding NO2 is 1. The molecule has 2 rings (SSSR count). The number of rotatable bonds is 3. The SMILES string of the molecule is Nc1cc(Oc2ccc(Cl)cc2Cl)c(Cl)cc1N=O. The van der Waals surface area contributed by atoms with Crippen molar-refractivity contribution in [3.05, 3.63) is 50.3 Å². The normalized spacial score (nSPS) is 10.3. The largest absolute Gasteiger partial charge is 0.454 e. The van der Waals surface area contributed by atoms with Gasteiger partial charge in [0.2, 0.25) is 0 Å². The van der Waals surface area contributed by atoms with Crippen molar-refractivity contribution < 1.29 is 4.74 Å². The molecule has 0 heterocycles. The number of anilines is 1. The van der Waals surface area contributed by atoms with Gasteiger partial charge in [0.1, 0.15) is 17.2 Å². The molecule has 0 aliphatic rings. The van der Waals surface area contributed by atoms with Crippen LogP contribution in [-0.2, 0) is 0 Å². The summed E-state index contributed by atoms with van der Waals surface area (Å²) in [5.41, 5.74) is 5.85. The topological polar surface area (TPSA) is 64.7 Å². The van der Waals surface area contributed by atoms with E-state index in [1.165, 1.54) is 18.2 Å². The first kappa shape index (κ1) is 13.9. The lowest BCUT2D eigenvalue weighted by Crippen LogP contribution is -1.90. The molecule has 0 bridgehead atoms. The van der Waals surface area contributed by atoms with Crippen LogP contribution in [0.2, 0.25) is 15.1 Å². The average molecular weight is 318 g/mol. The van der Waals surface area contributed by atoms with Crippen molar-refractivity contribution in [3.8, 4) is 11.5 Å². The van der Waals surface area contributed by atoms with E-state index in [1.807, 2.05) is 0 Å². The van der Waals surface area contributed by atoms with Crippen LogP contribution in [0.5, 0.6) is 11.5 Å². The minimum absolute atomic E-state index is 0.0551. The Morgan fingerprint density at radius 3 is 2.32 bits per heavy atom. The van der Waals surface area contributed by atoms with E-state index < -0.39 is 0 Å². The summed E-state index contributed by atoms with van der Waals surface area (Å²) >= 11 is 17.7. The maximum absolute atomic E-state index is 10.5. The van der Waals surface area contributed by atoms with Crippen LogP contribution in [0.15, 0.2) is 35.5 Å². The molecule has 2 aromatic carbocycles. The van der Waals surface area contributed by atoms with Crippen LogP contribution in [0, 0.1) is 4.91 Å². The molecule has 0 amide bonds. The van der Waals surface area contributed by atoms with E-state index in [4.69, 9.17) is 45.3 Å². The van der Waals surface area contributed by atoms with Crippen LogP contribution in [-0.4, -0.2) is 0 Å². The fourth-order valence-electron chi connectivity index (χ4n) is 1.39. The summed E-state index contributed by atoms with van der Waals surface area (Å²) in [6, 6.07) is 7.49. The summed E-state index contributed by atoms with van der Waals surface area (Å²) in [5.74, 6) is 0.648. The number of benzene rings is 2. The standard InChI is InChI=1S/C12H7Cl3N2O2/c13-6-1-2-11(7(14)3-6)19-12-5-9(16)10(17-18)4-8(12)15/h1-5H,16H2. The molecule has 0 aliphatic heterocycles. The third-order valence-corrected chi connectivity index (χ3v) is 3.12. The molecule has 19 heavy (non-hydrogen) atoms. The molecule has 98 valence electrons. The lowest BCUT2D eigenvalue weighted by molar-refractivity contribution is 0.483. The van der Waals surface area contributed by atoms with Crippen LogP contribution in [0.4, 0.5) is 11.4 Å². The van der Waals surface area contributed by atoms with Crippen molar-refractivity contribution in [1.82, 2.24) is 0 Å². The van der Waals surface area contributed by atoms with Crippen molar-refractivity contribution in [2.24, 2.45) is 5.18 Å². The second-order valence-corrected chi connectivity index (χ2v) is 4.86. The number of nitrogens with zero attached hydrogens (tertiary/aromatic N) is 1. The Hall–Kier alpha value is -1.49. The minimum Gasteiger partial charge on any atom is -0.454 e. The van der Waals surface area contributed by atoms with Gasteiger partial charge in [-0.1, -0.05) is 34.8 Å². The highest BCUT2D eigenvalue weighted by Crippen LogP contribution is 2.39. The first-order chi connectivity index (χ1) is 9.01. The molecule has 0 aliphatic carbocycles. The van der Waals surface area contributed by atoms with Crippen LogP contribution >= 0.6 is 34.8 Å². The molecule has 0 unspecified atom stereocenters. The second-order valence-electron chi connectivity index (χ2n) is 3.61. The Morgan fingerprint density at radius 1 is 1.00 bits per heavy atom. The number of ether oxygens (including phenoxy) is 1. The van der Waals surface area contributed by atoms with Gasteiger partial charge < -0.3 is 10.5 Å². The maximum Gasteiger partial charge on any atom is 0.148 e. The fraction of sp³-hybridized carbons (Fsp3) is 0. The zero-order valence-corrected chi connectivity index (χ0v) is 11.6. The highest BCUT2D eigenvalue weighted by Gasteiger charge is 2.11. The molecule has 0 aromatic heterocycles. The van der Waals surface area contributed by atoms with Gasteiger partial charge in [-0.25, -0.2) is 0 Å². The van der Waals surface area contributed by atoms with Gasteiger partial charge in [-0.2, -0.15) is 0 Å². The van der Waals surface area contributed by atoms with Gasteiger partial charge in [-0.3, -0.25) is 0 Å². The first-order valence-electron chi connectivity index (χ1n) is 5.06. The monoisotopic (exact) mass is 316 g/mol. The van der Waals surface area contributed by atoms with Crippen LogP contribution in [0.1, 0.15) is 0 Å². The molecule has 2 N–H and O–H groups in total. The molecule has 0 saturated heterocycles. The Labute approximate surface area is 124 Å². The number of hydrogen-bond acceptors (Lipinski definition) is 4. The van der Waals surface area contributed by atoms with Gasteiger partial charge in [0.05, 0.1) is 15.7 Å². The summed E-state index contributed by atoms with van der Waals surface area (Å²) in [7, 11) is 0. The van der Waals surface area contributed by atoms with Crippen LogP contribution < -0.4 is 10.5 Å². The lowest BCUT2D eigenvalue weighted by Gasteiger charge is -2.10. The quantitative estimate of drug-likeness (QED) is 0.607. The Bertz CT molecular complexity index is 647. The third-order valence-electron chi connectivity index (χ3n) is 2.29. The molecular formula is C12H7Cl3N2O2. The van der Waals surface area contributed by atoms with Gasteiger partial charge >= 0.3 is 0 Å². The van der Waals surface area contributed by atoms with Crippen molar-refractivity contribution in [1.29, 1.82) is 0 Å². The van der Waals surface area contributed by atoms with Crippen molar-refractivity contribution in [2.45, 2.75) is 0 Å². The minimum atomic E-state index is 0.0551. The van der Waals surface area contributed by atoms with E-state index >= 15 is 0 Å². The molecular weight excluding hydrogens is 311 g/mol. The Morgan fingerprint density at radius 2 is 1.68 bits per heavy atom. The van der Waals surface area contributed by atoms with E-state index in [9.17, 15) is 4.91 Å². The van der Waals surface area contributed by atoms with Gasteiger partial charge in [0, 0.05) is 11.1 Å². The van der Waals surface area contributed by atoms with Gasteiger partial charge in [0.15, 0.2) is 0 Å². The molecule has 0 radical (unpaired) electrons. The molecule has 0 atom stereocenters. The zero-order valence-electron chi connectivity index (χ0n) is 9.36. The molecule has 0 fully saturated rings. The number of nitrogen functional groups attached to an aromatic ring is 1. The number of hydrogen-bond donors (Lipinski definition) is 1. The maximum atomic E-state index is 10.5. The second kappa shape index (κ2) is 5.65. The Balaban J connectivity index is 2.38. The predicted octanol–water partition coefficient (Wildman–Crippen LogP) is 5.42. The van der Waals surface area contributed by atoms with E-state index in [0.29, 0.717) is 15.8 Å². The summed E-state index contributed by atoms with van der Waals surface area (Å²) < 4.78 is 5.53. The summed E-state index contributed by atoms with van der Waals surface area (Å²) in [6.07, 6.45) is 0. The van der Waals surface area contributed by atoms with Crippen molar-refractivity contribution >= 4 is 46.2 Å². The average Bonchev–Trinajstić information content (AvgIpc) is 2.36. The van der Waals surface area contributed by atoms with Crippen LogP contribution in [0.3, 0.4) is 0 Å². The van der Waals surface area contributed by atoms with E-state index in [-0.39, 0.29) is 22.1 Å². The smallest absolute Gasteiger partial charge is 0.148 e. The van der Waals surface area contributed by atoms with Crippen molar-refractivity contribution in [3.63, 3.8) is 0 Å².